The van der Waals surface area contributed by atoms with Crippen molar-refractivity contribution in [2.75, 3.05) is 6.61 Å². The molecule has 1 atom stereocenters. The fourth-order valence-electron chi connectivity index (χ4n) is 2.22. The Kier molecular flexibility index (Phi) is 5.41. The number of carbonyl (C=O) groups excluding carboxylic acids is 1. The topological polar surface area (TPSA) is 50.7 Å². The van der Waals surface area contributed by atoms with Crippen LogP contribution in [0.25, 0.3) is 0 Å². The summed E-state index contributed by atoms with van der Waals surface area (Å²) >= 11 is 5.77. The normalized spacial score (nSPS) is 20.7. The van der Waals surface area contributed by atoms with E-state index in [4.69, 9.17) is 16.3 Å². The Bertz CT molecular complexity index is 485. The van der Waals surface area contributed by atoms with E-state index in [1.54, 1.807) is 24.3 Å². The van der Waals surface area contributed by atoms with Crippen LogP contribution in [0, 0.1) is 5.92 Å². The van der Waals surface area contributed by atoms with Gasteiger partial charge in [0.15, 0.2) is 6.61 Å². The standard InChI is InChI=1S/C15H19ClN2O2/c1-11-3-2-4-13(9-11)17-18-15(19)10-20-14-7-5-12(16)6-8-14/h5-8,11H,2-4,9-10H2,1H3,(H,18,19). The van der Waals surface area contributed by atoms with Gasteiger partial charge >= 0.3 is 0 Å². The third kappa shape index (κ3) is 4.85. The third-order valence-electron chi connectivity index (χ3n) is 3.27. The number of hydrogen-bond donors (Lipinski definition) is 1. The number of benzene rings is 1. The summed E-state index contributed by atoms with van der Waals surface area (Å²) in [5.74, 6) is 1.03. The Hall–Kier alpha value is -1.55. The van der Waals surface area contributed by atoms with Gasteiger partial charge in [-0.1, -0.05) is 18.5 Å². The van der Waals surface area contributed by atoms with Crippen molar-refractivity contribution in [1.82, 2.24) is 5.43 Å². The van der Waals surface area contributed by atoms with Gasteiger partial charge in [-0.3, -0.25) is 4.79 Å². The first-order chi connectivity index (χ1) is 9.63. The Balaban J connectivity index is 1.75. The molecule has 1 aromatic rings. The fraction of sp³-hybridized carbons (Fsp3) is 0.467. The van der Waals surface area contributed by atoms with Crippen LogP contribution in [0.3, 0.4) is 0 Å². The van der Waals surface area contributed by atoms with E-state index in [1.807, 2.05) is 0 Å². The van der Waals surface area contributed by atoms with Gasteiger partial charge in [0.05, 0.1) is 0 Å². The maximum Gasteiger partial charge on any atom is 0.277 e. The first-order valence-corrected chi connectivity index (χ1v) is 7.24. The van der Waals surface area contributed by atoms with Crippen molar-refractivity contribution in [2.24, 2.45) is 11.0 Å². The Morgan fingerprint density at radius 2 is 2.20 bits per heavy atom. The van der Waals surface area contributed by atoms with Gasteiger partial charge in [0.25, 0.3) is 5.91 Å². The molecule has 2 rings (SSSR count). The SMILES string of the molecule is CC1CCCC(=NNC(=O)COc2ccc(Cl)cc2)C1. The molecular formula is C15H19ClN2O2. The number of hydrogen-bond acceptors (Lipinski definition) is 3. The molecule has 0 heterocycles. The molecule has 0 radical (unpaired) electrons. The Morgan fingerprint density at radius 1 is 1.45 bits per heavy atom. The fourth-order valence-corrected chi connectivity index (χ4v) is 2.34. The summed E-state index contributed by atoms with van der Waals surface area (Å²) in [5.41, 5.74) is 3.63. The van der Waals surface area contributed by atoms with Crippen molar-refractivity contribution >= 4 is 23.2 Å². The van der Waals surface area contributed by atoms with E-state index in [0.29, 0.717) is 16.7 Å². The number of ether oxygens (including phenoxy) is 1. The van der Waals surface area contributed by atoms with Crippen LogP contribution in [-0.2, 0) is 4.79 Å². The maximum absolute atomic E-state index is 11.6. The van der Waals surface area contributed by atoms with Crippen LogP contribution < -0.4 is 10.2 Å². The van der Waals surface area contributed by atoms with Gasteiger partial charge in [0.1, 0.15) is 5.75 Å². The smallest absolute Gasteiger partial charge is 0.277 e. The predicted molar refractivity (Wildman–Crippen MR) is 80.2 cm³/mol. The highest BCUT2D eigenvalue weighted by Gasteiger charge is 2.14. The van der Waals surface area contributed by atoms with E-state index in [1.165, 1.54) is 6.42 Å². The molecule has 1 aliphatic rings. The zero-order valence-electron chi connectivity index (χ0n) is 11.6. The average molecular weight is 295 g/mol. The zero-order chi connectivity index (χ0) is 14.4. The molecule has 20 heavy (non-hydrogen) atoms. The molecule has 1 aliphatic carbocycles. The third-order valence-corrected chi connectivity index (χ3v) is 3.52. The lowest BCUT2D eigenvalue weighted by atomic mass is 9.89. The van der Waals surface area contributed by atoms with E-state index >= 15 is 0 Å². The molecule has 1 fully saturated rings. The second kappa shape index (κ2) is 7.29. The van der Waals surface area contributed by atoms with E-state index in [-0.39, 0.29) is 12.5 Å². The maximum atomic E-state index is 11.6. The first kappa shape index (κ1) is 14.9. The van der Waals surface area contributed by atoms with Gasteiger partial charge in [-0.25, -0.2) is 5.43 Å². The van der Waals surface area contributed by atoms with Crippen molar-refractivity contribution in [3.05, 3.63) is 29.3 Å². The first-order valence-electron chi connectivity index (χ1n) is 6.86. The van der Waals surface area contributed by atoms with E-state index < -0.39 is 0 Å². The lowest BCUT2D eigenvalue weighted by molar-refractivity contribution is -0.123. The number of nitrogens with one attached hydrogen (secondary N) is 1. The van der Waals surface area contributed by atoms with Gasteiger partial charge in [0.2, 0.25) is 0 Å². The average Bonchev–Trinajstić information content (AvgIpc) is 2.45. The van der Waals surface area contributed by atoms with Crippen LogP contribution in [-0.4, -0.2) is 18.2 Å². The molecule has 1 aromatic carbocycles. The second-order valence-corrected chi connectivity index (χ2v) is 5.59. The molecule has 4 nitrogen and oxygen atoms in total. The van der Waals surface area contributed by atoms with Crippen LogP contribution in [0.4, 0.5) is 0 Å². The van der Waals surface area contributed by atoms with Gasteiger partial charge in [-0.15, -0.1) is 0 Å². The number of halogens is 1. The molecular weight excluding hydrogens is 276 g/mol. The van der Waals surface area contributed by atoms with Gasteiger partial charge in [-0.05, 0) is 55.9 Å². The van der Waals surface area contributed by atoms with E-state index in [2.05, 4.69) is 17.5 Å². The highest BCUT2D eigenvalue weighted by atomic mass is 35.5. The van der Waals surface area contributed by atoms with E-state index in [9.17, 15) is 4.79 Å². The number of hydrazone groups is 1. The highest BCUT2D eigenvalue weighted by Crippen LogP contribution is 2.20. The van der Waals surface area contributed by atoms with Gasteiger partial charge in [0, 0.05) is 10.7 Å². The molecule has 108 valence electrons. The quantitative estimate of drug-likeness (QED) is 0.865. The van der Waals surface area contributed by atoms with Gasteiger partial charge in [-0.2, -0.15) is 5.10 Å². The van der Waals surface area contributed by atoms with E-state index in [0.717, 1.165) is 25.0 Å². The zero-order valence-corrected chi connectivity index (χ0v) is 12.3. The number of amides is 1. The minimum atomic E-state index is -0.245. The molecule has 0 aliphatic heterocycles. The molecule has 0 saturated heterocycles. The van der Waals surface area contributed by atoms with Gasteiger partial charge < -0.3 is 4.74 Å². The Labute approximate surface area is 124 Å². The monoisotopic (exact) mass is 294 g/mol. The Morgan fingerprint density at radius 3 is 2.90 bits per heavy atom. The molecule has 1 unspecified atom stereocenters. The molecule has 0 bridgehead atoms. The summed E-state index contributed by atoms with van der Waals surface area (Å²) in [6, 6.07) is 6.89. The van der Waals surface area contributed by atoms with Crippen molar-refractivity contribution in [2.45, 2.75) is 32.6 Å². The van der Waals surface area contributed by atoms with Crippen LogP contribution in [0.5, 0.6) is 5.75 Å². The summed E-state index contributed by atoms with van der Waals surface area (Å²) < 4.78 is 5.34. The van der Waals surface area contributed by atoms with Crippen LogP contribution in [0.15, 0.2) is 29.4 Å². The molecule has 0 aromatic heterocycles. The lowest BCUT2D eigenvalue weighted by Crippen LogP contribution is -2.26. The summed E-state index contributed by atoms with van der Waals surface area (Å²) in [6.07, 6.45) is 4.34. The molecule has 5 heteroatoms. The predicted octanol–water partition coefficient (Wildman–Crippen LogP) is 3.40. The minimum absolute atomic E-state index is 0.0477. The largest absolute Gasteiger partial charge is 0.484 e. The second-order valence-electron chi connectivity index (χ2n) is 5.16. The summed E-state index contributed by atoms with van der Waals surface area (Å²) in [6.45, 7) is 2.16. The summed E-state index contributed by atoms with van der Waals surface area (Å²) in [5, 5.41) is 4.81. The number of rotatable bonds is 4. The van der Waals surface area contributed by atoms with Crippen molar-refractivity contribution in [3.63, 3.8) is 0 Å². The van der Waals surface area contributed by atoms with Crippen molar-refractivity contribution in [3.8, 4) is 5.75 Å². The summed E-state index contributed by atoms with van der Waals surface area (Å²) in [7, 11) is 0. The minimum Gasteiger partial charge on any atom is -0.484 e. The number of nitrogens with zero attached hydrogens (tertiary/aromatic N) is 1. The molecule has 1 amide bonds. The van der Waals surface area contributed by atoms with Crippen LogP contribution in [0.2, 0.25) is 5.02 Å². The lowest BCUT2D eigenvalue weighted by Gasteiger charge is -2.18. The molecule has 0 spiro atoms. The summed E-state index contributed by atoms with van der Waals surface area (Å²) in [4.78, 5) is 11.6. The highest BCUT2D eigenvalue weighted by molar-refractivity contribution is 6.30. The number of carbonyl (C=O) groups is 1. The van der Waals surface area contributed by atoms with Crippen LogP contribution in [0.1, 0.15) is 32.6 Å². The molecule has 1 saturated carbocycles. The van der Waals surface area contributed by atoms with Crippen LogP contribution >= 0.6 is 11.6 Å². The van der Waals surface area contributed by atoms with Crippen molar-refractivity contribution in [1.29, 1.82) is 0 Å². The molecule has 1 N–H and O–H groups in total. The van der Waals surface area contributed by atoms with Crippen molar-refractivity contribution < 1.29 is 9.53 Å².